The molecule has 5 rings (SSSR count). The maximum atomic E-state index is 13.6. The Balaban J connectivity index is 1.40. The van der Waals surface area contributed by atoms with E-state index in [0.29, 0.717) is 51.3 Å². The minimum absolute atomic E-state index is 0.0911. The number of hydrogen-bond donors (Lipinski definition) is 0. The van der Waals surface area contributed by atoms with Crippen LogP contribution >= 0.6 is 0 Å². The van der Waals surface area contributed by atoms with Crippen LogP contribution in [0.3, 0.4) is 0 Å². The number of hydrogen-bond acceptors (Lipinski definition) is 3. The average molecular weight is 387 g/mol. The maximum Gasteiger partial charge on any atom is 0.282 e. The van der Waals surface area contributed by atoms with E-state index in [9.17, 15) is 13.6 Å². The number of ether oxygens (including phenoxy) is 1. The summed E-state index contributed by atoms with van der Waals surface area (Å²) >= 11 is 0. The Labute approximate surface area is 162 Å². The van der Waals surface area contributed by atoms with Crippen LogP contribution in [0, 0.1) is 0 Å². The molecule has 3 aliphatic rings. The predicted molar refractivity (Wildman–Crippen MR) is 98.2 cm³/mol. The van der Waals surface area contributed by atoms with Crippen molar-refractivity contribution in [2.45, 2.75) is 57.3 Å². The van der Waals surface area contributed by atoms with Crippen LogP contribution in [-0.4, -0.2) is 33.4 Å². The number of amides is 1. The molecule has 1 fully saturated rings. The number of benzene rings is 1. The Bertz CT molecular complexity index is 916. The third kappa shape index (κ3) is 2.67. The SMILES string of the molecule is O=C(c1c(C(F)F)nc2n1CCCC2)N1CCC2(CC1)OCc1ccccc12. The fraction of sp³-hybridized carbons (Fsp3) is 0.524. The molecule has 28 heavy (non-hydrogen) atoms. The van der Waals surface area contributed by atoms with Gasteiger partial charge in [0.1, 0.15) is 17.2 Å². The van der Waals surface area contributed by atoms with Crippen molar-refractivity contribution in [3.05, 3.63) is 52.6 Å². The Morgan fingerprint density at radius 3 is 2.71 bits per heavy atom. The molecule has 4 heterocycles. The highest BCUT2D eigenvalue weighted by molar-refractivity contribution is 5.94. The molecule has 0 saturated carbocycles. The molecule has 2 aromatic rings. The van der Waals surface area contributed by atoms with Crippen LogP contribution in [0.25, 0.3) is 0 Å². The van der Waals surface area contributed by atoms with Crippen molar-refractivity contribution in [1.82, 2.24) is 14.5 Å². The zero-order valence-corrected chi connectivity index (χ0v) is 15.7. The van der Waals surface area contributed by atoms with Crippen molar-refractivity contribution in [1.29, 1.82) is 0 Å². The van der Waals surface area contributed by atoms with Crippen molar-refractivity contribution in [3.8, 4) is 0 Å². The number of halogens is 2. The van der Waals surface area contributed by atoms with E-state index < -0.39 is 6.43 Å². The van der Waals surface area contributed by atoms with E-state index in [2.05, 4.69) is 17.1 Å². The van der Waals surface area contributed by atoms with Gasteiger partial charge in [0.2, 0.25) is 0 Å². The lowest BCUT2D eigenvalue weighted by Crippen LogP contribution is -2.45. The van der Waals surface area contributed by atoms with E-state index in [1.165, 1.54) is 11.1 Å². The van der Waals surface area contributed by atoms with Gasteiger partial charge in [-0.05, 0) is 36.8 Å². The standard InChI is InChI=1S/C21H23F2N3O2/c22-19(23)17-18(26-10-4-3-7-16(26)24-17)20(27)25-11-8-21(9-12-25)15-6-2-1-5-14(15)13-28-21/h1-2,5-6,19H,3-4,7-13H2. The summed E-state index contributed by atoms with van der Waals surface area (Å²) in [5.41, 5.74) is 1.79. The molecule has 5 nitrogen and oxygen atoms in total. The highest BCUT2D eigenvalue weighted by atomic mass is 19.3. The lowest BCUT2D eigenvalue weighted by atomic mass is 9.84. The Kier molecular flexibility index (Phi) is 4.23. The van der Waals surface area contributed by atoms with Crippen LogP contribution in [0.1, 0.15) is 65.2 Å². The number of rotatable bonds is 2. The molecule has 1 spiro atoms. The fourth-order valence-electron chi connectivity index (χ4n) is 4.90. The van der Waals surface area contributed by atoms with Crippen molar-refractivity contribution < 1.29 is 18.3 Å². The summed E-state index contributed by atoms with van der Waals surface area (Å²) in [4.78, 5) is 19.0. The highest BCUT2D eigenvalue weighted by Crippen LogP contribution is 2.44. The first-order chi connectivity index (χ1) is 13.6. The van der Waals surface area contributed by atoms with E-state index in [4.69, 9.17) is 4.74 Å². The van der Waals surface area contributed by atoms with Crippen molar-refractivity contribution in [2.24, 2.45) is 0 Å². The Morgan fingerprint density at radius 1 is 1.14 bits per heavy atom. The van der Waals surface area contributed by atoms with Gasteiger partial charge in [-0.15, -0.1) is 0 Å². The first kappa shape index (κ1) is 17.8. The second-order valence-corrected chi connectivity index (χ2v) is 7.90. The number of piperidine rings is 1. The smallest absolute Gasteiger partial charge is 0.282 e. The van der Waals surface area contributed by atoms with Gasteiger partial charge >= 0.3 is 0 Å². The third-order valence-corrected chi connectivity index (χ3v) is 6.39. The zero-order chi connectivity index (χ0) is 19.3. The number of likely N-dealkylation sites (tertiary alicyclic amines) is 1. The van der Waals surface area contributed by atoms with Crippen molar-refractivity contribution in [3.63, 3.8) is 0 Å². The molecule has 1 saturated heterocycles. The maximum absolute atomic E-state index is 13.6. The fourth-order valence-corrected chi connectivity index (χ4v) is 4.90. The van der Waals surface area contributed by atoms with Gasteiger partial charge in [-0.25, -0.2) is 13.8 Å². The van der Waals surface area contributed by atoms with E-state index in [1.807, 2.05) is 12.1 Å². The lowest BCUT2D eigenvalue weighted by molar-refractivity contribution is -0.0743. The monoisotopic (exact) mass is 387 g/mol. The van der Waals surface area contributed by atoms with E-state index in [-0.39, 0.29) is 22.9 Å². The summed E-state index contributed by atoms with van der Waals surface area (Å²) in [6, 6.07) is 8.20. The second-order valence-electron chi connectivity index (χ2n) is 7.90. The molecule has 148 valence electrons. The highest BCUT2D eigenvalue weighted by Gasteiger charge is 2.44. The molecule has 1 aromatic carbocycles. The van der Waals surface area contributed by atoms with Gasteiger partial charge in [0, 0.05) is 26.1 Å². The van der Waals surface area contributed by atoms with Crippen LogP contribution < -0.4 is 0 Å². The molecule has 3 aliphatic heterocycles. The zero-order valence-electron chi connectivity index (χ0n) is 15.7. The number of carbonyl (C=O) groups is 1. The minimum Gasteiger partial charge on any atom is -0.365 e. The molecular weight excluding hydrogens is 364 g/mol. The van der Waals surface area contributed by atoms with Gasteiger partial charge in [0.05, 0.1) is 12.2 Å². The molecule has 0 atom stereocenters. The van der Waals surface area contributed by atoms with Crippen LogP contribution in [0.4, 0.5) is 8.78 Å². The van der Waals surface area contributed by atoms with Crippen molar-refractivity contribution >= 4 is 5.91 Å². The number of nitrogens with zero attached hydrogens (tertiary/aromatic N) is 3. The predicted octanol–water partition coefficient (Wildman–Crippen LogP) is 3.82. The third-order valence-electron chi connectivity index (χ3n) is 6.39. The molecular formula is C21H23F2N3O2. The van der Waals surface area contributed by atoms with Gasteiger partial charge in [0.15, 0.2) is 0 Å². The van der Waals surface area contributed by atoms with Crippen LogP contribution in [0.2, 0.25) is 0 Å². The van der Waals surface area contributed by atoms with Crippen LogP contribution in [0.5, 0.6) is 0 Å². The van der Waals surface area contributed by atoms with E-state index in [0.717, 1.165) is 12.8 Å². The summed E-state index contributed by atoms with van der Waals surface area (Å²) in [7, 11) is 0. The van der Waals surface area contributed by atoms with Gasteiger partial charge in [-0.1, -0.05) is 24.3 Å². The first-order valence-corrected chi connectivity index (χ1v) is 9.98. The average Bonchev–Trinajstić information content (AvgIpc) is 3.28. The van der Waals surface area contributed by atoms with Gasteiger partial charge in [-0.3, -0.25) is 4.79 Å². The van der Waals surface area contributed by atoms with Crippen molar-refractivity contribution in [2.75, 3.05) is 13.1 Å². The summed E-state index contributed by atoms with van der Waals surface area (Å²) in [6.45, 7) is 2.17. The quantitative estimate of drug-likeness (QED) is 0.787. The number of alkyl halides is 2. The minimum atomic E-state index is -2.74. The molecule has 1 aromatic heterocycles. The van der Waals surface area contributed by atoms with E-state index >= 15 is 0 Å². The molecule has 0 bridgehead atoms. The second kappa shape index (κ2) is 6.65. The van der Waals surface area contributed by atoms with Gasteiger partial charge < -0.3 is 14.2 Å². The van der Waals surface area contributed by atoms with Crippen LogP contribution in [-0.2, 0) is 29.9 Å². The van der Waals surface area contributed by atoms with Gasteiger partial charge in [-0.2, -0.15) is 0 Å². The summed E-state index contributed by atoms with van der Waals surface area (Å²) in [5, 5.41) is 0. The van der Waals surface area contributed by atoms with Crippen LogP contribution in [0.15, 0.2) is 24.3 Å². The molecule has 0 unspecified atom stereocenters. The molecule has 7 heteroatoms. The Hall–Kier alpha value is -2.28. The Morgan fingerprint density at radius 2 is 1.93 bits per heavy atom. The number of fused-ring (bicyclic) bond motifs is 3. The molecule has 0 N–H and O–H groups in total. The number of aryl methyl sites for hydroxylation is 1. The lowest BCUT2D eigenvalue weighted by Gasteiger charge is -2.39. The number of aromatic nitrogens is 2. The normalized spacial score (nSPS) is 20.5. The van der Waals surface area contributed by atoms with E-state index in [1.54, 1.807) is 9.47 Å². The molecule has 0 radical (unpaired) electrons. The molecule has 0 aliphatic carbocycles. The molecule has 1 amide bonds. The summed E-state index contributed by atoms with van der Waals surface area (Å²) < 4.78 is 35.0. The number of imidazole rings is 1. The summed E-state index contributed by atoms with van der Waals surface area (Å²) in [5.74, 6) is 0.295. The summed E-state index contributed by atoms with van der Waals surface area (Å²) in [6.07, 6.45) is 1.09. The number of carbonyl (C=O) groups excluding carboxylic acids is 1. The largest absolute Gasteiger partial charge is 0.365 e. The first-order valence-electron chi connectivity index (χ1n) is 9.98. The van der Waals surface area contributed by atoms with Gasteiger partial charge in [0.25, 0.3) is 12.3 Å². The topological polar surface area (TPSA) is 47.4 Å².